The van der Waals surface area contributed by atoms with E-state index >= 15 is 0 Å². The number of benzene rings is 2. The maximum absolute atomic E-state index is 12.3. The summed E-state index contributed by atoms with van der Waals surface area (Å²) in [6.07, 6.45) is -4.79. The molecule has 0 saturated carbocycles. The van der Waals surface area contributed by atoms with Gasteiger partial charge in [-0.05, 0) is 24.3 Å². The number of ether oxygens (including phenoxy) is 1. The van der Waals surface area contributed by atoms with Crippen molar-refractivity contribution in [1.82, 2.24) is 0 Å². The van der Waals surface area contributed by atoms with E-state index in [1.807, 2.05) is 24.3 Å². The summed E-state index contributed by atoms with van der Waals surface area (Å²) in [5, 5.41) is 2.52. The van der Waals surface area contributed by atoms with E-state index in [2.05, 4.69) is 10.1 Å². The van der Waals surface area contributed by atoms with Crippen LogP contribution >= 0.6 is 11.8 Å². The molecule has 1 aliphatic rings. The van der Waals surface area contributed by atoms with E-state index in [0.29, 0.717) is 5.75 Å². The van der Waals surface area contributed by atoms with Gasteiger partial charge in [0.2, 0.25) is 11.8 Å². The van der Waals surface area contributed by atoms with Gasteiger partial charge in [-0.2, -0.15) is 0 Å². The SMILES string of the molecule is O=C(CCN1C(=O)CSc2ccccc21)Nc1cccc(OC(F)(F)F)c1. The lowest BCUT2D eigenvalue weighted by Gasteiger charge is -2.28. The average molecular weight is 396 g/mol. The molecule has 5 nitrogen and oxygen atoms in total. The molecule has 1 aliphatic heterocycles. The van der Waals surface area contributed by atoms with Gasteiger partial charge in [0.25, 0.3) is 0 Å². The lowest BCUT2D eigenvalue weighted by molar-refractivity contribution is -0.274. The predicted octanol–water partition coefficient (Wildman–Crippen LogP) is 4.05. The third-order valence-electron chi connectivity index (χ3n) is 3.72. The second-order valence-corrected chi connectivity index (χ2v) is 6.69. The summed E-state index contributed by atoms with van der Waals surface area (Å²) >= 11 is 1.45. The van der Waals surface area contributed by atoms with Crippen molar-refractivity contribution in [3.8, 4) is 5.75 Å². The molecule has 0 aliphatic carbocycles. The van der Waals surface area contributed by atoms with Crippen molar-refractivity contribution in [2.24, 2.45) is 0 Å². The molecule has 0 spiro atoms. The minimum absolute atomic E-state index is 0.00902. The van der Waals surface area contributed by atoms with E-state index in [9.17, 15) is 22.8 Å². The molecule has 0 saturated heterocycles. The van der Waals surface area contributed by atoms with Gasteiger partial charge in [-0.25, -0.2) is 0 Å². The largest absolute Gasteiger partial charge is 0.573 e. The third kappa shape index (κ3) is 5.16. The quantitative estimate of drug-likeness (QED) is 0.828. The van der Waals surface area contributed by atoms with Crippen LogP contribution in [0.3, 0.4) is 0 Å². The number of carbonyl (C=O) groups is 2. The molecular formula is C18H15F3N2O3S. The summed E-state index contributed by atoms with van der Waals surface area (Å²) in [6.45, 7) is 0.182. The van der Waals surface area contributed by atoms with Crippen LogP contribution in [0.25, 0.3) is 0 Å². The summed E-state index contributed by atoms with van der Waals surface area (Å²) in [5.41, 5.74) is 0.940. The molecule has 0 bridgehead atoms. The zero-order valence-electron chi connectivity index (χ0n) is 14.0. The Kier molecular flexibility index (Phi) is 5.59. The lowest BCUT2D eigenvalue weighted by Crippen LogP contribution is -2.37. The monoisotopic (exact) mass is 396 g/mol. The van der Waals surface area contributed by atoms with Gasteiger partial charge in [-0.3, -0.25) is 9.59 Å². The molecule has 0 aromatic heterocycles. The fourth-order valence-electron chi connectivity index (χ4n) is 2.61. The van der Waals surface area contributed by atoms with Gasteiger partial charge in [-0.15, -0.1) is 24.9 Å². The van der Waals surface area contributed by atoms with Crippen molar-refractivity contribution < 1.29 is 27.5 Å². The van der Waals surface area contributed by atoms with Gasteiger partial charge in [-0.1, -0.05) is 18.2 Å². The maximum atomic E-state index is 12.3. The maximum Gasteiger partial charge on any atom is 0.573 e. The highest BCUT2D eigenvalue weighted by atomic mass is 32.2. The van der Waals surface area contributed by atoms with Gasteiger partial charge in [0.1, 0.15) is 5.75 Å². The van der Waals surface area contributed by atoms with Crippen LogP contribution in [-0.4, -0.2) is 30.5 Å². The summed E-state index contributed by atoms with van der Waals surface area (Å²) in [6, 6.07) is 12.5. The molecular weight excluding hydrogens is 381 g/mol. The minimum atomic E-state index is -4.80. The third-order valence-corrected chi connectivity index (χ3v) is 4.77. The number of nitrogens with one attached hydrogen (secondary N) is 1. The van der Waals surface area contributed by atoms with Crippen molar-refractivity contribution in [2.75, 3.05) is 22.5 Å². The average Bonchev–Trinajstić information content (AvgIpc) is 2.59. The van der Waals surface area contributed by atoms with Crippen LogP contribution in [0.15, 0.2) is 53.4 Å². The van der Waals surface area contributed by atoms with Crippen molar-refractivity contribution in [3.63, 3.8) is 0 Å². The van der Waals surface area contributed by atoms with Gasteiger partial charge >= 0.3 is 6.36 Å². The Hall–Kier alpha value is -2.68. The van der Waals surface area contributed by atoms with E-state index in [0.717, 1.165) is 22.7 Å². The number of amides is 2. The number of alkyl halides is 3. The number of anilines is 2. The number of thioether (sulfide) groups is 1. The highest BCUT2D eigenvalue weighted by Gasteiger charge is 2.31. The first-order chi connectivity index (χ1) is 12.8. The van der Waals surface area contributed by atoms with Gasteiger partial charge in [0.05, 0.1) is 11.4 Å². The Morgan fingerprint density at radius 3 is 2.74 bits per heavy atom. The smallest absolute Gasteiger partial charge is 0.406 e. The number of hydrogen-bond acceptors (Lipinski definition) is 4. The molecule has 0 unspecified atom stereocenters. The van der Waals surface area contributed by atoms with Crippen LogP contribution in [0.5, 0.6) is 5.75 Å². The number of nitrogens with zero attached hydrogens (tertiary/aromatic N) is 1. The molecule has 2 aromatic carbocycles. The topological polar surface area (TPSA) is 58.6 Å². The highest BCUT2D eigenvalue weighted by Crippen LogP contribution is 2.35. The highest BCUT2D eigenvalue weighted by molar-refractivity contribution is 8.00. The number of halogens is 3. The first-order valence-electron chi connectivity index (χ1n) is 8.00. The molecule has 142 valence electrons. The summed E-state index contributed by atoms with van der Waals surface area (Å²) < 4.78 is 40.6. The second kappa shape index (κ2) is 7.91. The fraction of sp³-hybridized carbons (Fsp3) is 0.222. The normalized spacial score (nSPS) is 13.9. The molecule has 1 heterocycles. The van der Waals surface area contributed by atoms with Crippen LogP contribution in [0, 0.1) is 0 Å². The molecule has 3 rings (SSSR count). The Morgan fingerprint density at radius 2 is 1.96 bits per heavy atom. The Labute approximate surface area is 157 Å². The molecule has 2 aromatic rings. The van der Waals surface area contributed by atoms with Gasteiger partial charge in [0.15, 0.2) is 0 Å². The molecule has 0 radical (unpaired) electrons. The fourth-order valence-corrected chi connectivity index (χ4v) is 3.54. The van der Waals surface area contributed by atoms with Crippen molar-refractivity contribution in [2.45, 2.75) is 17.7 Å². The minimum Gasteiger partial charge on any atom is -0.406 e. The zero-order chi connectivity index (χ0) is 19.4. The van der Waals surface area contributed by atoms with Crippen molar-refractivity contribution in [3.05, 3.63) is 48.5 Å². The van der Waals surface area contributed by atoms with Crippen LogP contribution in [0.1, 0.15) is 6.42 Å². The van der Waals surface area contributed by atoms with E-state index in [1.54, 1.807) is 4.90 Å². The second-order valence-electron chi connectivity index (χ2n) is 5.68. The summed E-state index contributed by atoms with van der Waals surface area (Å²) in [7, 11) is 0. The molecule has 0 fully saturated rings. The number of rotatable bonds is 5. The zero-order valence-corrected chi connectivity index (χ0v) is 14.8. The Balaban J connectivity index is 1.61. The van der Waals surface area contributed by atoms with Crippen molar-refractivity contribution in [1.29, 1.82) is 0 Å². The lowest BCUT2D eigenvalue weighted by atomic mass is 10.2. The summed E-state index contributed by atoms with van der Waals surface area (Å²) in [4.78, 5) is 26.8. The predicted molar refractivity (Wildman–Crippen MR) is 95.9 cm³/mol. The Bertz CT molecular complexity index is 858. The molecule has 27 heavy (non-hydrogen) atoms. The standard InChI is InChI=1S/C18H15F3N2O3S/c19-18(20,21)26-13-5-3-4-12(10-13)22-16(24)8-9-23-14-6-1-2-7-15(14)27-11-17(23)25/h1-7,10H,8-9,11H2,(H,22,24). The van der Waals surface area contributed by atoms with Crippen LogP contribution in [0.4, 0.5) is 24.5 Å². The molecule has 9 heteroatoms. The van der Waals surface area contributed by atoms with Crippen LogP contribution in [-0.2, 0) is 9.59 Å². The van der Waals surface area contributed by atoms with Gasteiger partial charge < -0.3 is 15.0 Å². The van der Waals surface area contributed by atoms with Crippen LogP contribution in [0.2, 0.25) is 0 Å². The molecule has 0 atom stereocenters. The van der Waals surface area contributed by atoms with E-state index in [1.165, 1.54) is 23.9 Å². The first-order valence-corrected chi connectivity index (χ1v) is 8.98. The van der Waals surface area contributed by atoms with E-state index < -0.39 is 18.0 Å². The van der Waals surface area contributed by atoms with Crippen LogP contribution < -0.4 is 15.0 Å². The first kappa shape index (κ1) is 19.1. The van der Waals surface area contributed by atoms with E-state index in [4.69, 9.17) is 0 Å². The number of hydrogen-bond donors (Lipinski definition) is 1. The summed E-state index contributed by atoms with van der Waals surface area (Å²) in [5.74, 6) is -0.623. The molecule has 1 N–H and O–H groups in total. The number of fused-ring (bicyclic) bond motifs is 1. The number of para-hydroxylation sites is 1. The van der Waals surface area contributed by atoms with Gasteiger partial charge in [0, 0.05) is 29.6 Å². The van der Waals surface area contributed by atoms with Crippen molar-refractivity contribution >= 4 is 35.0 Å². The molecule has 2 amide bonds. The van der Waals surface area contributed by atoms with E-state index in [-0.39, 0.29) is 24.6 Å². The number of carbonyl (C=O) groups excluding carboxylic acids is 2. The Morgan fingerprint density at radius 1 is 1.19 bits per heavy atom.